The highest BCUT2D eigenvalue weighted by molar-refractivity contribution is 6.58. The summed E-state index contributed by atoms with van der Waals surface area (Å²) in [6.45, 7) is 2.02. The maximum atomic E-state index is 13.6. The summed E-state index contributed by atoms with van der Waals surface area (Å²) in [5, 5.41) is 17.7. The molecule has 0 aromatic heterocycles. The van der Waals surface area contributed by atoms with Gasteiger partial charge in [0, 0.05) is 5.46 Å². The quantitative estimate of drug-likeness (QED) is 0.563. The van der Waals surface area contributed by atoms with Crippen LogP contribution in [0.25, 0.3) is 0 Å². The fraction of sp³-hybridized carbons (Fsp3) is 0.300. The van der Waals surface area contributed by atoms with Crippen molar-refractivity contribution < 1.29 is 24.0 Å². The van der Waals surface area contributed by atoms with E-state index in [-0.39, 0.29) is 17.6 Å². The number of hydrogen-bond acceptors (Lipinski definition) is 4. The highest BCUT2D eigenvalue weighted by Gasteiger charge is 2.22. The Kier molecular flexibility index (Phi) is 4.45. The van der Waals surface area contributed by atoms with Gasteiger partial charge in [0.2, 0.25) is 0 Å². The SMILES string of the molecule is CCCOC(=O)c1cccc(B(O)O)c1F. The van der Waals surface area contributed by atoms with Gasteiger partial charge >= 0.3 is 13.1 Å². The van der Waals surface area contributed by atoms with Gasteiger partial charge in [-0.2, -0.15) is 0 Å². The van der Waals surface area contributed by atoms with Crippen LogP contribution in [-0.4, -0.2) is 29.7 Å². The third-order valence-corrected chi connectivity index (χ3v) is 1.96. The van der Waals surface area contributed by atoms with Gasteiger partial charge in [-0.25, -0.2) is 9.18 Å². The topological polar surface area (TPSA) is 66.8 Å². The minimum Gasteiger partial charge on any atom is -0.462 e. The molecule has 0 saturated heterocycles. The van der Waals surface area contributed by atoms with Crippen molar-refractivity contribution in [1.82, 2.24) is 0 Å². The third kappa shape index (κ3) is 2.80. The van der Waals surface area contributed by atoms with E-state index in [0.29, 0.717) is 6.42 Å². The molecule has 4 nitrogen and oxygen atoms in total. The highest BCUT2D eigenvalue weighted by Crippen LogP contribution is 2.07. The second-order valence-corrected chi connectivity index (χ2v) is 3.22. The molecular weight excluding hydrogens is 214 g/mol. The van der Waals surface area contributed by atoms with Gasteiger partial charge in [-0.15, -0.1) is 0 Å². The van der Waals surface area contributed by atoms with Crippen molar-refractivity contribution in [2.24, 2.45) is 0 Å². The van der Waals surface area contributed by atoms with Crippen molar-refractivity contribution in [2.75, 3.05) is 6.61 Å². The van der Waals surface area contributed by atoms with Gasteiger partial charge in [0.1, 0.15) is 5.82 Å². The average molecular weight is 226 g/mol. The number of carbonyl (C=O) groups excluding carboxylic acids is 1. The van der Waals surface area contributed by atoms with Crippen LogP contribution in [0.15, 0.2) is 18.2 Å². The lowest BCUT2D eigenvalue weighted by molar-refractivity contribution is 0.0500. The van der Waals surface area contributed by atoms with Gasteiger partial charge < -0.3 is 14.8 Å². The van der Waals surface area contributed by atoms with Crippen LogP contribution in [0, 0.1) is 5.82 Å². The molecule has 86 valence electrons. The number of carbonyl (C=O) groups is 1. The Morgan fingerprint density at radius 3 is 2.75 bits per heavy atom. The third-order valence-electron chi connectivity index (χ3n) is 1.96. The maximum Gasteiger partial charge on any atom is 0.491 e. The van der Waals surface area contributed by atoms with E-state index >= 15 is 0 Å². The van der Waals surface area contributed by atoms with Crippen molar-refractivity contribution in [3.05, 3.63) is 29.6 Å². The van der Waals surface area contributed by atoms with Gasteiger partial charge in [-0.05, 0) is 12.5 Å². The first kappa shape index (κ1) is 12.7. The molecule has 0 aliphatic heterocycles. The van der Waals surface area contributed by atoms with Crippen LogP contribution in [0.5, 0.6) is 0 Å². The first-order valence-electron chi connectivity index (χ1n) is 4.89. The van der Waals surface area contributed by atoms with Crippen LogP contribution in [-0.2, 0) is 4.74 Å². The Balaban J connectivity index is 2.96. The number of esters is 1. The van der Waals surface area contributed by atoms with Crippen molar-refractivity contribution in [3.8, 4) is 0 Å². The molecule has 0 unspecified atom stereocenters. The van der Waals surface area contributed by atoms with Crippen LogP contribution in [0.3, 0.4) is 0 Å². The molecule has 0 fully saturated rings. The largest absolute Gasteiger partial charge is 0.491 e. The summed E-state index contributed by atoms with van der Waals surface area (Å²) in [7, 11) is -1.95. The van der Waals surface area contributed by atoms with E-state index in [1.54, 1.807) is 0 Å². The van der Waals surface area contributed by atoms with E-state index in [9.17, 15) is 9.18 Å². The van der Waals surface area contributed by atoms with Crippen LogP contribution in [0.4, 0.5) is 4.39 Å². The molecular formula is C10H12BFO4. The van der Waals surface area contributed by atoms with Crippen molar-refractivity contribution in [1.29, 1.82) is 0 Å². The number of benzene rings is 1. The first-order valence-corrected chi connectivity index (χ1v) is 4.89. The van der Waals surface area contributed by atoms with Crippen LogP contribution in [0.2, 0.25) is 0 Å². The van der Waals surface area contributed by atoms with Gasteiger partial charge in [0.15, 0.2) is 0 Å². The molecule has 2 N–H and O–H groups in total. The molecule has 16 heavy (non-hydrogen) atoms. The summed E-state index contributed by atoms with van der Waals surface area (Å²) in [5.41, 5.74) is -0.634. The van der Waals surface area contributed by atoms with Crippen LogP contribution >= 0.6 is 0 Å². The molecule has 0 radical (unpaired) electrons. The summed E-state index contributed by atoms with van der Waals surface area (Å²) in [5.74, 6) is -1.76. The zero-order valence-electron chi connectivity index (χ0n) is 8.81. The lowest BCUT2D eigenvalue weighted by Gasteiger charge is -2.07. The lowest BCUT2D eigenvalue weighted by atomic mass is 9.79. The number of halogens is 1. The molecule has 0 heterocycles. The fourth-order valence-corrected chi connectivity index (χ4v) is 1.18. The molecule has 6 heteroatoms. The Labute approximate surface area is 92.8 Å². The smallest absolute Gasteiger partial charge is 0.462 e. The van der Waals surface area contributed by atoms with Crippen LogP contribution < -0.4 is 5.46 Å². The molecule has 0 saturated carbocycles. The average Bonchev–Trinajstić information content (AvgIpc) is 2.25. The molecule has 0 amide bonds. The zero-order chi connectivity index (χ0) is 12.1. The Morgan fingerprint density at radius 1 is 1.50 bits per heavy atom. The Hall–Kier alpha value is -1.40. The predicted molar refractivity (Wildman–Crippen MR) is 56.8 cm³/mol. The molecule has 0 bridgehead atoms. The van der Waals surface area contributed by atoms with E-state index < -0.39 is 18.9 Å². The van der Waals surface area contributed by atoms with Crippen LogP contribution in [0.1, 0.15) is 23.7 Å². The summed E-state index contributed by atoms with van der Waals surface area (Å²) in [6.07, 6.45) is 0.635. The number of rotatable bonds is 4. The molecule has 0 atom stereocenters. The minimum absolute atomic E-state index is 0.199. The van der Waals surface area contributed by atoms with Gasteiger partial charge in [-0.1, -0.05) is 19.1 Å². The second-order valence-electron chi connectivity index (χ2n) is 3.22. The van der Waals surface area contributed by atoms with E-state index in [1.807, 2.05) is 6.92 Å². The summed E-state index contributed by atoms with van der Waals surface area (Å²) < 4.78 is 18.3. The number of hydrogen-bond donors (Lipinski definition) is 2. The molecule has 1 aromatic carbocycles. The molecule has 0 aliphatic rings. The van der Waals surface area contributed by atoms with E-state index in [1.165, 1.54) is 18.2 Å². The van der Waals surface area contributed by atoms with Gasteiger partial charge in [-0.3, -0.25) is 0 Å². The van der Waals surface area contributed by atoms with Crippen molar-refractivity contribution in [2.45, 2.75) is 13.3 Å². The van der Waals surface area contributed by atoms with E-state index in [4.69, 9.17) is 14.8 Å². The first-order chi connectivity index (χ1) is 7.57. The normalized spacial score (nSPS) is 10.0. The van der Waals surface area contributed by atoms with Crippen molar-refractivity contribution in [3.63, 3.8) is 0 Å². The minimum atomic E-state index is -1.95. The summed E-state index contributed by atoms with van der Waals surface area (Å²) in [6, 6.07) is 3.79. The second kappa shape index (κ2) is 5.62. The molecule has 0 spiro atoms. The summed E-state index contributed by atoms with van der Waals surface area (Å²) >= 11 is 0. The lowest BCUT2D eigenvalue weighted by Crippen LogP contribution is -2.34. The highest BCUT2D eigenvalue weighted by atomic mass is 19.1. The van der Waals surface area contributed by atoms with E-state index in [2.05, 4.69) is 0 Å². The maximum absolute atomic E-state index is 13.6. The Bertz CT molecular complexity index is 381. The fourth-order valence-electron chi connectivity index (χ4n) is 1.18. The number of ether oxygens (including phenoxy) is 1. The molecule has 1 aromatic rings. The molecule has 0 aliphatic carbocycles. The standard InChI is InChI=1S/C10H12BFO4/c1-2-6-16-10(13)7-4-3-5-8(9(7)12)11(14)15/h3-5,14-15H,2,6H2,1H3. The molecule has 1 rings (SSSR count). The van der Waals surface area contributed by atoms with Crippen molar-refractivity contribution >= 4 is 18.6 Å². The van der Waals surface area contributed by atoms with E-state index in [0.717, 1.165) is 0 Å². The predicted octanol–water partition coefficient (Wildman–Crippen LogP) is 0.0723. The zero-order valence-corrected chi connectivity index (χ0v) is 8.81. The van der Waals surface area contributed by atoms with Gasteiger partial charge in [0.25, 0.3) is 0 Å². The van der Waals surface area contributed by atoms with Gasteiger partial charge in [0.05, 0.1) is 12.2 Å². The summed E-state index contributed by atoms with van der Waals surface area (Å²) in [4.78, 5) is 11.4. The monoisotopic (exact) mass is 226 g/mol. The Morgan fingerprint density at radius 2 is 2.19 bits per heavy atom.